The predicted octanol–water partition coefficient (Wildman–Crippen LogP) is 3.77. The van der Waals surface area contributed by atoms with Crippen LogP contribution >= 0.6 is 23.4 Å². The van der Waals surface area contributed by atoms with Gasteiger partial charge in [0.05, 0.1) is 7.76 Å². The molecule has 2 heterocycles. The van der Waals surface area contributed by atoms with Crippen LogP contribution in [-0.4, -0.2) is 26.1 Å². The molecule has 102 valence electrons. The topological polar surface area (TPSA) is 66.5 Å². The highest BCUT2D eigenvalue weighted by atomic mass is 35.5. The van der Waals surface area contributed by atoms with E-state index >= 15 is 0 Å². The van der Waals surface area contributed by atoms with Crippen LogP contribution in [0.4, 0.5) is 15.9 Å². The standard InChI is InChI=1S/C12H9ClFN5S/c13-8-2-1-7(5-9(8)20-6-14)17-12-10-11(18-19-12)16-4-3-15-10/h1-5H,6H2,(H2,16,17,18,19)/i6D2. The second kappa shape index (κ2) is 5.64. The largest absolute Gasteiger partial charge is 0.339 e. The maximum Gasteiger partial charge on any atom is 0.201 e. The number of halogens is 2. The van der Waals surface area contributed by atoms with Crippen LogP contribution in [-0.2, 0) is 0 Å². The summed E-state index contributed by atoms with van der Waals surface area (Å²) in [5, 5.41) is 10.1. The van der Waals surface area contributed by atoms with Crippen molar-refractivity contribution in [1.29, 1.82) is 0 Å². The minimum absolute atomic E-state index is 0.270. The van der Waals surface area contributed by atoms with Gasteiger partial charge in [0.1, 0.15) is 5.96 Å². The van der Waals surface area contributed by atoms with Crippen molar-refractivity contribution in [3.63, 3.8) is 0 Å². The second-order valence-electron chi connectivity index (χ2n) is 3.78. The van der Waals surface area contributed by atoms with Gasteiger partial charge in [0.25, 0.3) is 0 Å². The summed E-state index contributed by atoms with van der Waals surface area (Å²) in [5.74, 6) is -2.38. The smallest absolute Gasteiger partial charge is 0.201 e. The predicted molar refractivity (Wildman–Crippen MR) is 78.3 cm³/mol. The van der Waals surface area contributed by atoms with Gasteiger partial charge in [-0.3, -0.25) is 5.10 Å². The maximum atomic E-state index is 13.2. The Morgan fingerprint density at radius 3 is 3.10 bits per heavy atom. The van der Waals surface area contributed by atoms with Crippen molar-refractivity contribution >= 4 is 46.0 Å². The Morgan fingerprint density at radius 2 is 2.25 bits per heavy atom. The number of aromatic nitrogens is 4. The van der Waals surface area contributed by atoms with E-state index in [9.17, 15) is 4.39 Å². The third-order valence-electron chi connectivity index (χ3n) is 2.54. The van der Waals surface area contributed by atoms with E-state index in [-0.39, 0.29) is 9.92 Å². The molecule has 2 aromatic heterocycles. The fourth-order valence-electron chi connectivity index (χ4n) is 1.68. The number of anilines is 2. The zero-order valence-electron chi connectivity index (χ0n) is 11.9. The summed E-state index contributed by atoms with van der Waals surface area (Å²) in [6, 6.07) is 4.79. The first kappa shape index (κ1) is 10.9. The number of H-pyrrole nitrogens is 1. The van der Waals surface area contributed by atoms with Gasteiger partial charge in [-0.25, -0.2) is 14.4 Å². The molecule has 0 fully saturated rings. The first-order valence-corrected chi connectivity index (χ1v) is 6.71. The van der Waals surface area contributed by atoms with Crippen molar-refractivity contribution in [1.82, 2.24) is 20.2 Å². The Morgan fingerprint density at radius 1 is 1.40 bits per heavy atom. The molecule has 0 saturated heterocycles. The van der Waals surface area contributed by atoms with Gasteiger partial charge in [-0.2, -0.15) is 5.10 Å². The summed E-state index contributed by atoms with van der Waals surface area (Å²) in [6.45, 7) is 0. The minimum Gasteiger partial charge on any atom is -0.339 e. The average molecular weight is 312 g/mol. The van der Waals surface area contributed by atoms with E-state index in [4.69, 9.17) is 14.3 Å². The first-order chi connectivity index (χ1) is 10.4. The molecule has 20 heavy (non-hydrogen) atoms. The van der Waals surface area contributed by atoms with Crippen LogP contribution in [0.15, 0.2) is 35.5 Å². The molecule has 3 rings (SSSR count). The van der Waals surface area contributed by atoms with Crippen LogP contribution in [0.2, 0.25) is 5.02 Å². The summed E-state index contributed by atoms with van der Waals surface area (Å²) in [6.07, 6.45) is 3.08. The Hall–Kier alpha value is -1.86. The lowest BCUT2D eigenvalue weighted by molar-refractivity contribution is 0.606. The number of rotatable bonds is 4. The van der Waals surface area contributed by atoms with Gasteiger partial charge in [0.15, 0.2) is 11.3 Å². The van der Waals surface area contributed by atoms with Crippen LogP contribution in [0.5, 0.6) is 0 Å². The molecule has 0 atom stereocenters. The lowest BCUT2D eigenvalue weighted by atomic mass is 10.3. The Balaban J connectivity index is 1.91. The first-order valence-electron chi connectivity index (χ1n) is 6.52. The quantitative estimate of drug-likeness (QED) is 0.718. The number of hydrogen-bond acceptors (Lipinski definition) is 5. The fourth-order valence-corrected chi connectivity index (χ4v) is 2.35. The van der Waals surface area contributed by atoms with Crippen LogP contribution < -0.4 is 5.32 Å². The van der Waals surface area contributed by atoms with E-state index in [2.05, 4.69) is 25.5 Å². The zero-order chi connectivity index (χ0) is 15.7. The van der Waals surface area contributed by atoms with Crippen molar-refractivity contribution in [2.75, 3.05) is 11.3 Å². The molecule has 1 aromatic carbocycles. The molecule has 0 aliphatic heterocycles. The molecule has 3 aromatic rings. The van der Waals surface area contributed by atoms with Gasteiger partial charge in [-0.1, -0.05) is 23.4 Å². The normalized spacial score (nSPS) is 13.1. The summed E-state index contributed by atoms with van der Waals surface area (Å²) in [4.78, 5) is 8.51. The van der Waals surface area contributed by atoms with Crippen molar-refractivity contribution in [3.8, 4) is 0 Å². The Labute approximate surface area is 125 Å². The number of nitrogens with one attached hydrogen (secondary N) is 2. The van der Waals surface area contributed by atoms with E-state index in [0.29, 0.717) is 34.4 Å². The average Bonchev–Trinajstić information content (AvgIpc) is 2.85. The summed E-state index contributed by atoms with van der Waals surface area (Å²) in [7, 11) is 0. The maximum absolute atomic E-state index is 13.2. The molecule has 0 saturated carbocycles. The molecule has 0 unspecified atom stereocenters. The van der Waals surface area contributed by atoms with E-state index < -0.39 is 5.96 Å². The molecule has 0 amide bonds. The fraction of sp³-hybridized carbons (Fsp3) is 0.0833. The summed E-state index contributed by atoms with van der Waals surface area (Å²) < 4.78 is 27.1. The van der Waals surface area contributed by atoms with Crippen molar-refractivity contribution in [2.45, 2.75) is 4.90 Å². The Kier molecular flexibility index (Phi) is 3.07. The molecule has 8 heteroatoms. The molecule has 0 bridgehead atoms. The third-order valence-corrected chi connectivity index (χ3v) is 3.61. The highest BCUT2D eigenvalue weighted by Gasteiger charge is 2.08. The van der Waals surface area contributed by atoms with Crippen LogP contribution in [0.25, 0.3) is 11.2 Å². The highest BCUT2D eigenvalue weighted by Crippen LogP contribution is 2.31. The van der Waals surface area contributed by atoms with E-state index in [1.165, 1.54) is 6.20 Å². The van der Waals surface area contributed by atoms with E-state index in [1.807, 2.05) is 0 Å². The van der Waals surface area contributed by atoms with Crippen molar-refractivity contribution < 1.29 is 7.13 Å². The van der Waals surface area contributed by atoms with E-state index in [0.717, 1.165) is 0 Å². The van der Waals surface area contributed by atoms with Gasteiger partial charge in [-0.05, 0) is 18.2 Å². The highest BCUT2D eigenvalue weighted by molar-refractivity contribution is 7.99. The molecule has 0 aliphatic rings. The molecular weight excluding hydrogens is 301 g/mol. The molecule has 0 spiro atoms. The van der Waals surface area contributed by atoms with Gasteiger partial charge in [0.2, 0.25) is 5.65 Å². The van der Waals surface area contributed by atoms with Gasteiger partial charge in [-0.15, -0.1) is 0 Å². The third kappa shape index (κ3) is 2.54. The summed E-state index contributed by atoms with van der Waals surface area (Å²) in [5.41, 5.74) is 1.62. The lowest BCUT2D eigenvalue weighted by Gasteiger charge is -2.07. The molecule has 0 radical (unpaired) electrons. The monoisotopic (exact) mass is 311 g/mol. The molecular formula is C12H9ClFN5S. The SMILES string of the molecule is [2H]C([2H])(F)Sc1cc(Nc2[nH]nc3nccnc23)ccc1Cl. The number of fused-ring (bicyclic) bond motifs is 1. The lowest BCUT2D eigenvalue weighted by Crippen LogP contribution is -1.92. The molecule has 5 nitrogen and oxygen atoms in total. The van der Waals surface area contributed by atoms with Crippen LogP contribution in [0.1, 0.15) is 2.74 Å². The Bertz CT molecular complexity index is 823. The number of benzene rings is 1. The number of thioether (sulfide) groups is 1. The van der Waals surface area contributed by atoms with Crippen LogP contribution in [0.3, 0.4) is 0 Å². The molecule has 2 N–H and O–H groups in total. The van der Waals surface area contributed by atoms with E-state index in [1.54, 1.807) is 24.4 Å². The number of hydrogen-bond donors (Lipinski definition) is 2. The van der Waals surface area contributed by atoms with Crippen molar-refractivity contribution in [2.24, 2.45) is 0 Å². The number of alkyl halides is 1. The number of aromatic amines is 1. The molecule has 0 aliphatic carbocycles. The van der Waals surface area contributed by atoms with Gasteiger partial charge in [0, 0.05) is 23.0 Å². The van der Waals surface area contributed by atoms with Crippen LogP contribution in [0, 0.1) is 0 Å². The zero-order valence-corrected chi connectivity index (χ0v) is 11.5. The second-order valence-corrected chi connectivity index (χ2v) is 4.98. The minimum atomic E-state index is -2.91. The van der Waals surface area contributed by atoms with Gasteiger partial charge < -0.3 is 5.32 Å². The van der Waals surface area contributed by atoms with Crippen molar-refractivity contribution in [3.05, 3.63) is 35.6 Å². The van der Waals surface area contributed by atoms with Gasteiger partial charge >= 0.3 is 0 Å². The number of nitrogens with zero attached hydrogens (tertiary/aromatic N) is 3. The summed E-state index contributed by atoms with van der Waals surface area (Å²) >= 11 is 6.35.